The Bertz CT molecular complexity index is 600. The Balaban J connectivity index is 2.23. The fraction of sp³-hybridized carbons (Fsp3) is 0.200. The Kier molecular flexibility index (Phi) is 5.81. The second kappa shape index (κ2) is 7.21. The molecule has 0 aromatic heterocycles. The molecule has 0 bridgehead atoms. The average molecular weight is 411 g/mol. The number of benzene rings is 2. The van der Waals surface area contributed by atoms with Gasteiger partial charge in [0.05, 0.1) is 0 Å². The molecule has 0 saturated carbocycles. The summed E-state index contributed by atoms with van der Waals surface area (Å²) in [6.07, 6.45) is -1.29. The van der Waals surface area contributed by atoms with Gasteiger partial charge >= 0.3 is 0 Å². The monoisotopic (exact) mass is 408 g/mol. The molecule has 2 aromatic carbocycles. The Morgan fingerprint density at radius 2 is 1.76 bits per heavy atom. The second-order valence-corrected chi connectivity index (χ2v) is 7.69. The Hall–Kier alpha value is -0.450. The van der Waals surface area contributed by atoms with Gasteiger partial charge in [-0.3, -0.25) is 0 Å². The predicted molar refractivity (Wildman–Crippen MR) is 90.2 cm³/mol. The van der Waals surface area contributed by atoms with Crippen molar-refractivity contribution < 1.29 is 9.84 Å². The molecule has 0 spiro atoms. The van der Waals surface area contributed by atoms with Gasteiger partial charge in [0.15, 0.2) is 0 Å². The Morgan fingerprint density at radius 1 is 1.10 bits per heavy atom. The van der Waals surface area contributed by atoms with Gasteiger partial charge in [-0.2, -0.15) is 0 Å². The molecule has 0 fully saturated rings. The number of halogens is 4. The summed E-state index contributed by atoms with van der Waals surface area (Å²) in [4.78, 5) is 0. The van der Waals surface area contributed by atoms with Gasteiger partial charge < -0.3 is 9.84 Å². The van der Waals surface area contributed by atoms with Gasteiger partial charge in [0.1, 0.15) is 18.5 Å². The van der Waals surface area contributed by atoms with Crippen molar-refractivity contribution in [2.24, 2.45) is 0 Å². The van der Waals surface area contributed by atoms with Crippen LogP contribution in [-0.2, 0) is 6.61 Å². The Labute approximate surface area is 146 Å². The molecule has 0 aliphatic carbocycles. The molecular formula is C15H12BrCl3O2. The second-order valence-electron chi connectivity index (χ2n) is 4.40. The maximum Gasteiger partial charge on any atom is 0.220 e. The molecule has 0 radical (unpaired) electrons. The first-order chi connectivity index (χ1) is 9.88. The van der Waals surface area contributed by atoms with Crippen LogP contribution in [0.5, 0.6) is 5.75 Å². The molecule has 21 heavy (non-hydrogen) atoms. The van der Waals surface area contributed by atoms with Gasteiger partial charge in [-0.05, 0) is 23.8 Å². The van der Waals surface area contributed by atoms with E-state index < -0.39 is 9.90 Å². The summed E-state index contributed by atoms with van der Waals surface area (Å²) in [6, 6.07) is 14.9. The standard InChI is InChI=1S/C15H12BrCl3O2/c16-11-6-7-13(12(8-11)14(20)15(17,18)19)21-9-10-4-2-1-3-5-10/h1-8,14,20H,9H2/t14-/m1/s1. The fourth-order valence-corrected chi connectivity index (χ4v) is 2.51. The minimum Gasteiger partial charge on any atom is -0.489 e. The third-order valence-electron chi connectivity index (χ3n) is 2.81. The first kappa shape index (κ1) is 16.9. The number of alkyl halides is 3. The van der Waals surface area contributed by atoms with Crippen molar-refractivity contribution in [1.29, 1.82) is 0 Å². The van der Waals surface area contributed by atoms with Crippen LogP contribution in [-0.4, -0.2) is 8.90 Å². The van der Waals surface area contributed by atoms with Gasteiger partial charge in [-0.15, -0.1) is 0 Å². The maximum absolute atomic E-state index is 10.2. The van der Waals surface area contributed by atoms with Gasteiger partial charge in [0, 0.05) is 10.0 Å². The van der Waals surface area contributed by atoms with Gasteiger partial charge in [0.2, 0.25) is 3.79 Å². The lowest BCUT2D eigenvalue weighted by atomic mass is 10.1. The molecule has 6 heteroatoms. The predicted octanol–water partition coefficient (Wildman–Crippen LogP) is 5.43. The minimum absolute atomic E-state index is 0.363. The van der Waals surface area contributed by atoms with Crippen molar-refractivity contribution in [2.45, 2.75) is 16.5 Å². The van der Waals surface area contributed by atoms with E-state index in [4.69, 9.17) is 39.5 Å². The molecule has 0 heterocycles. The van der Waals surface area contributed by atoms with Crippen LogP contribution in [0.3, 0.4) is 0 Å². The van der Waals surface area contributed by atoms with E-state index in [9.17, 15) is 5.11 Å². The summed E-state index contributed by atoms with van der Waals surface area (Å²) in [5.74, 6) is 0.473. The summed E-state index contributed by atoms with van der Waals surface area (Å²) in [7, 11) is 0. The van der Waals surface area contributed by atoms with Crippen LogP contribution in [0.4, 0.5) is 0 Å². The van der Waals surface area contributed by atoms with Crippen LogP contribution in [0.1, 0.15) is 17.2 Å². The van der Waals surface area contributed by atoms with Crippen molar-refractivity contribution in [3.05, 3.63) is 64.1 Å². The number of hydrogen-bond donors (Lipinski definition) is 1. The zero-order chi connectivity index (χ0) is 15.5. The van der Waals surface area contributed by atoms with E-state index in [1.165, 1.54) is 0 Å². The quantitative estimate of drug-likeness (QED) is 0.681. The van der Waals surface area contributed by atoms with E-state index in [-0.39, 0.29) is 0 Å². The van der Waals surface area contributed by atoms with Crippen LogP contribution in [0.2, 0.25) is 0 Å². The lowest BCUT2D eigenvalue weighted by Gasteiger charge is -2.22. The lowest BCUT2D eigenvalue weighted by molar-refractivity contribution is 0.174. The molecule has 0 aliphatic heterocycles. The van der Waals surface area contributed by atoms with E-state index in [1.54, 1.807) is 18.2 Å². The molecule has 2 rings (SSSR count). The number of hydrogen-bond acceptors (Lipinski definition) is 2. The van der Waals surface area contributed by atoms with Crippen molar-refractivity contribution in [3.63, 3.8) is 0 Å². The molecule has 0 saturated heterocycles. The van der Waals surface area contributed by atoms with Crippen molar-refractivity contribution in [3.8, 4) is 5.75 Å². The smallest absolute Gasteiger partial charge is 0.220 e. The largest absolute Gasteiger partial charge is 0.489 e. The van der Waals surface area contributed by atoms with Crippen LogP contribution in [0, 0.1) is 0 Å². The van der Waals surface area contributed by atoms with Gasteiger partial charge in [-0.1, -0.05) is 81.1 Å². The molecule has 1 atom stereocenters. The SMILES string of the molecule is O[C@H](c1cc(Br)ccc1OCc1ccccc1)C(Cl)(Cl)Cl. The number of aliphatic hydroxyl groups is 1. The number of aliphatic hydroxyl groups excluding tert-OH is 1. The molecule has 112 valence electrons. The zero-order valence-corrected chi connectivity index (χ0v) is 14.6. The first-order valence-corrected chi connectivity index (χ1v) is 8.01. The van der Waals surface area contributed by atoms with E-state index in [0.717, 1.165) is 10.0 Å². The summed E-state index contributed by atoms with van der Waals surface area (Å²) < 4.78 is 4.67. The van der Waals surface area contributed by atoms with Crippen molar-refractivity contribution >= 4 is 50.7 Å². The number of rotatable bonds is 4. The zero-order valence-electron chi connectivity index (χ0n) is 10.8. The Morgan fingerprint density at radius 3 is 2.38 bits per heavy atom. The highest BCUT2D eigenvalue weighted by Gasteiger charge is 2.34. The van der Waals surface area contributed by atoms with E-state index in [0.29, 0.717) is 17.9 Å². The third kappa shape index (κ3) is 4.76. The topological polar surface area (TPSA) is 29.5 Å². The highest BCUT2D eigenvalue weighted by atomic mass is 79.9. The van der Waals surface area contributed by atoms with Crippen LogP contribution in [0.15, 0.2) is 53.0 Å². The molecule has 2 nitrogen and oxygen atoms in total. The normalized spacial score (nSPS) is 13.0. The van der Waals surface area contributed by atoms with Crippen LogP contribution in [0.25, 0.3) is 0 Å². The summed E-state index contributed by atoms with van der Waals surface area (Å²) in [6.45, 7) is 0.363. The van der Waals surface area contributed by atoms with Crippen LogP contribution >= 0.6 is 50.7 Å². The molecule has 2 aromatic rings. The lowest BCUT2D eigenvalue weighted by Crippen LogP contribution is -2.17. The van der Waals surface area contributed by atoms with E-state index >= 15 is 0 Å². The highest BCUT2D eigenvalue weighted by Crippen LogP contribution is 2.43. The highest BCUT2D eigenvalue weighted by molar-refractivity contribution is 9.10. The van der Waals surface area contributed by atoms with Gasteiger partial charge in [-0.25, -0.2) is 0 Å². The minimum atomic E-state index is -1.83. The summed E-state index contributed by atoms with van der Waals surface area (Å²) in [5.41, 5.74) is 1.43. The maximum atomic E-state index is 10.2. The van der Waals surface area contributed by atoms with E-state index in [1.807, 2.05) is 30.3 Å². The third-order valence-corrected chi connectivity index (χ3v) is 3.93. The van der Waals surface area contributed by atoms with Crippen molar-refractivity contribution in [2.75, 3.05) is 0 Å². The molecule has 0 amide bonds. The molecule has 1 N–H and O–H groups in total. The number of ether oxygens (including phenoxy) is 1. The summed E-state index contributed by atoms with van der Waals surface area (Å²) in [5, 5.41) is 10.2. The summed E-state index contributed by atoms with van der Waals surface area (Å²) >= 11 is 20.6. The fourth-order valence-electron chi connectivity index (χ4n) is 1.78. The molecule has 0 aliphatic rings. The van der Waals surface area contributed by atoms with Crippen LogP contribution < -0.4 is 4.74 Å². The van der Waals surface area contributed by atoms with E-state index in [2.05, 4.69) is 15.9 Å². The molecule has 0 unspecified atom stereocenters. The average Bonchev–Trinajstić information content (AvgIpc) is 2.45. The molecular weight excluding hydrogens is 398 g/mol. The van der Waals surface area contributed by atoms with Gasteiger partial charge in [0.25, 0.3) is 0 Å². The van der Waals surface area contributed by atoms with Crippen molar-refractivity contribution in [1.82, 2.24) is 0 Å². The first-order valence-electron chi connectivity index (χ1n) is 6.09.